The van der Waals surface area contributed by atoms with Gasteiger partial charge in [-0.2, -0.15) is 4.68 Å². The number of nitrogens with one attached hydrogen (secondary N) is 1. The van der Waals surface area contributed by atoms with Crippen molar-refractivity contribution in [3.05, 3.63) is 68.4 Å². The first-order chi connectivity index (χ1) is 13.0. The molecule has 0 saturated carbocycles. The topological polar surface area (TPSA) is 95.1 Å². The molecule has 1 heterocycles. The number of thioether (sulfide) groups is 1. The molecule has 3 rings (SSSR count). The standard InChI is InChI=1S/C17H15Cl2N5O2S/c1-26-14-5-3-2-4-10(14)9-27-17-23-22-15(16(25)24(17)20)21-13-8-11(18)6-7-12(13)19/h2-8H,9,20H2,1H3,(H,21,22). The van der Waals surface area contributed by atoms with Crippen LogP contribution in [-0.4, -0.2) is 22.0 Å². The highest BCUT2D eigenvalue weighted by Crippen LogP contribution is 2.28. The first-order valence-corrected chi connectivity index (χ1v) is 9.45. The van der Waals surface area contributed by atoms with Crippen LogP contribution in [0, 0.1) is 0 Å². The molecule has 0 aliphatic rings. The maximum atomic E-state index is 12.5. The van der Waals surface area contributed by atoms with Crippen molar-refractivity contribution in [2.45, 2.75) is 10.9 Å². The third-order valence-corrected chi connectivity index (χ3v) is 5.15. The van der Waals surface area contributed by atoms with Crippen LogP contribution in [0.15, 0.2) is 52.4 Å². The molecule has 3 N–H and O–H groups in total. The third-order valence-electron chi connectivity index (χ3n) is 3.59. The summed E-state index contributed by atoms with van der Waals surface area (Å²) < 4.78 is 6.25. The molecule has 140 valence electrons. The Labute approximate surface area is 169 Å². The zero-order valence-corrected chi connectivity index (χ0v) is 16.5. The van der Waals surface area contributed by atoms with Gasteiger partial charge in [0.25, 0.3) is 0 Å². The molecule has 2 aromatic carbocycles. The van der Waals surface area contributed by atoms with Crippen LogP contribution in [0.2, 0.25) is 10.0 Å². The molecule has 0 unspecified atom stereocenters. The summed E-state index contributed by atoms with van der Waals surface area (Å²) in [7, 11) is 1.60. The van der Waals surface area contributed by atoms with Gasteiger partial charge in [-0.1, -0.05) is 53.2 Å². The number of nitrogen functional groups attached to an aromatic ring is 1. The number of ether oxygens (including phenoxy) is 1. The van der Waals surface area contributed by atoms with Crippen LogP contribution in [0.3, 0.4) is 0 Å². The second-order valence-electron chi connectivity index (χ2n) is 5.36. The van der Waals surface area contributed by atoms with Gasteiger partial charge in [0, 0.05) is 16.3 Å². The van der Waals surface area contributed by atoms with E-state index < -0.39 is 5.56 Å². The molecule has 0 radical (unpaired) electrons. The van der Waals surface area contributed by atoms with Crippen molar-refractivity contribution in [2.24, 2.45) is 0 Å². The van der Waals surface area contributed by atoms with E-state index in [0.29, 0.717) is 21.5 Å². The molecule has 1 aromatic heterocycles. The van der Waals surface area contributed by atoms with Crippen LogP contribution in [0.5, 0.6) is 5.75 Å². The van der Waals surface area contributed by atoms with Gasteiger partial charge in [-0.15, -0.1) is 10.2 Å². The number of hydrogen-bond donors (Lipinski definition) is 2. The molecule has 27 heavy (non-hydrogen) atoms. The first-order valence-electron chi connectivity index (χ1n) is 7.71. The van der Waals surface area contributed by atoms with E-state index in [2.05, 4.69) is 15.5 Å². The Hall–Kier alpha value is -2.42. The Morgan fingerprint density at radius 2 is 2.00 bits per heavy atom. The second kappa shape index (κ2) is 8.51. The summed E-state index contributed by atoms with van der Waals surface area (Å²) in [5.41, 5.74) is 0.848. The fourth-order valence-electron chi connectivity index (χ4n) is 2.25. The maximum absolute atomic E-state index is 12.5. The summed E-state index contributed by atoms with van der Waals surface area (Å²) in [5.74, 6) is 7.10. The van der Waals surface area contributed by atoms with Gasteiger partial charge in [-0.3, -0.25) is 4.79 Å². The number of nitrogens with zero attached hydrogens (tertiary/aromatic N) is 3. The number of para-hydroxylation sites is 1. The number of benzene rings is 2. The van der Waals surface area contributed by atoms with E-state index in [1.54, 1.807) is 25.3 Å². The summed E-state index contributed by atoms with van der Waals surface area (Å²) in [4.78, 5) is 12.5. The number of nitrogens with two attached hydrogens (primary N) is 1. The summed E-state index contributed by atoms with van der Waals surface area (Å²) in [6.07, 6.45) is 0. The van der Waals surface area contributed by atoms with Gasteiger partial charge < -0.3 is 15.9 Å². The summed E-state index contributed by atoms with van der Waals surface area (Å²) in [5, 5.41) is 11.9. The van der Waals surface area contributed by atoms with Crippen LogP contribution in [-0.2, 0) is 5.75 Å². The molecule has 7 nitrogen and oxygen atoms in total. The normalized spacial score (nSPS) is 10.6. The largest absolute Gasteiger partial charge is 0.496 e. The second-order valence-corrected chi connectivity index (χ2v) is 7.14. The lowest BCUT2D eigenvalue weighted by Crippen LogP contribution is -2.32. The highest BCUT2D eigenvalue weighted by atomic mass is 35.5. The zero-order chi connectivity index (χ0) is 19.4. The van der Waals surface area contributed by atoms with Crippen molar-refractivity contribution in [3.63, 3.8) is 0 Å². The molecule has 0 aliphatic heterocycles. The molecule has 0 fully saturated rings. The minimum Gasteiger partial charge on any atom is -0.496 e. The minimum atomic E-state index is -0.538. The number of anilines is 2. The molecule has 0 aliphatic carbocycles. The van der Waals surface area contributed by atoms with Gasteiger partial charge in [-0.05, 0) is 24.3 Å². The van der Waals surface area contributed by atoms with Crippen LogP contribution < -0.4 is 21.5 Å². The fraction of sp³-hybridized carbons (Fsp3) is 0.118. The monoisotopic (exact) mass is 423 g/mol. The number of aromatic nitrogens is 3. The van der Waals surface area contributed by atoms with E-state index in [4.69, 9.17) is 33.8 Å². The van der Waals surface area contributed by atoms with Gasteiger partial charge in [-0.25, -0.2) is 0 Å². The Balaban J connectivity index is 1.81. The van der Waals surface area contributed by atoms with Crippen molar-refractivity contribution in [2.75, 3.05) is 18.3 Å². The van der Waals surface area contributed by atoms with Crippen molar-refractivity contribution < 1.29 is 4.74 Å². The van der Waals surface area contributed by atoms with Crippen molar-refractivity contribution in [1.82, 2.24) is 14.9 Å². The Bertz CT molecular complexity index is 1030. The Morgan fingerprint density at radius 1 is 1.22 bits per heavy atom. The first kappa shape index (κ1) is 19.3. The maximum Gasteiger partial charge on any atom is 0.315 e. The van der Waals surface area contributed by atoms with Crippen LogP contribution in [0.4, 0.5) is 11.5 Å². The number of halogens is 2. The molecule has 0 bridgehead atoms. The van der Waals surface area contributed by atoms with E-state index in [1.165, 1.54) is 11.8 Å². The van der Waals surface area contributed by atoms with Crippen molar-refractivity contribution in [1.29, 1.82) is 0 Å². The Morgan fingerprint density at radius 3 is 2.78 bits per heavy atom. The van der Waals surface area contributed by atoms with Crippen LogP contribution in [0.1, 0.15) is 5.56 Å². The summed E-state index contributed by atoms with van der Waals surface area (Å²) in [6.45, 7) is 0. The summed E-state index contributed by atoms with van der Waals surface area (Å²) in [6, 6.07) is 12.4. The SMILES string of the molecule is COc1ccccc1CSc1nnc(Nc2cc(Cl)ccc2Cl)c(=O)n1N. The van der Waals surface area contributed by atoms with E-state index in [0.717, 1.165) is 16.0 Å². The lowest BCUT2D eigenvalue weighted by Gasteiger charge is -2.11. The van der Waals surface area contributed by atoms with E-state index in [-0.39, 0.29) is 11.0 Å². The highest BCUT2D eigenvalue weighted by molar-refractivity contribution is 7.98. The van der Waals surface area contributed by atoms with E-state index >= 15 is 0 Å². The zero-order valence-electron chi connectivity index (χ0n) is 14.1. The van der Waals surface area contributed by atoms with Gasteiger partial charge in [0.2, 0.25) is 11.0 Å². The molecule has 3 aromatic rings. The lowest BCUT2D eigenvalue weighted by molar-refractivity contribution is 0.411. The van der Waals surface area contributed by atoms with Gasteiger partial charge in [0.1, 0.15) is 5.75 Å². The summed E-state index contributed by atoms with van der Waals surface area (Å²) >= 11 is 13.3. The fourth-order valence-corrected chi connectivity index (χ4v) is 3.43. The number of rotatable bonds is 6. The van der Waals surface area contributed by atoms with Crippen molar-refractivity contribution in [3.8, 4) is 5.75 Å². The van der Waals surface area contributed by atoms with Gasteiger partial charge in [0.05, 0.1) is 17.8 Å². The molecule has 0 saturated heterocycles. The quantitative estimate of drug-likeness (QED) is 0.460. The minimum absolute atomic E-state index is 0.0525. The molecule has 0 spiro atoms. The van der Waals surface area contributed by atoms with Crippen LogP contribution >= 0.6 is 35.0 Å². The number of methoxy groups -OCH3 is 1. The van der Waals surface area contributed by atoms with E-state index in [9.17, 15) is 4.79 Å². The molecule has 0 atom stereocenters. The van der Waals surface area contributed by atoms with Gasteiger partial charge in [0.15, 0.2) is 0 Å². The molecular weight excluding hydrogens is 409 g/mol. The van der Waals surface area contributed by atoms with E-state index in [1.807, 2.05) is 24.3 Å². The molecule has 0 amide bonds. The number of hydrogen-bond acceptors (Lipinski definition) is 7. The van der Waals surface area contributed by atoms with Crippen molar-refractivity contribution >= 4 is 46.5 Å². The third kappa shape index (κ3) is 4.47. The highest BCUT2D eigenvalue weighted by Gasteiger charge is 2.13. The smallest absolute Gasteiger partial charge is 0.315 e. The molecule has 10 heteroatoms. The van der Waals surface area contributed by atoms with Crippen LogP contribution in [0.25, 0.3) is 0 Å². The predicted molar refractivity (Wildman–Crippen MR) is 109 cm³/mol. The lowest BCUT2D eigenvalue weighted by atomic mass is 10.2. The Kier molecular flexibility index (Phi) is 6.10. The average Bonchev–Trinajstić information content (AvgIpc) is 2.68. The van der Waals surface area contributed by atoms with Gasteiger partial charge >= 0.3 is 5.56 Å². The molecular formula is C17H15Cl2N5O2S. The average molecular weight is 424 g/mol. The predicted octanol–water partition coefficient (Wildman–Crippen LogP) is 3.70.